The molecule has 0 saturated heterocycles. The smallest absolute Gasteiger partial charge is 0.188 e. The molecule has 4 nitrogen and oxygen atoms in total. The first-order chi connectivity index (χ1) is 14.9. The van der Waals surface area contributed by atoms with Gasteiger partial charge in [-0.1, -0.05) is 47.3 Å². The van der Waals surface area contributed by atoms with Gasteiger partial charge in [0.15, 0.2) is 13.0 Å². The number of hydrogen-bond donors (Lipinski definition) is 0. The fourth-order valence-electron chi connectivity index (χ4n) is 2.86. The van der Waals surface area contributed by atoms with Gasteiger partial charge < -0.3 is 18.1 Å². The topological polar surface area (TPSA) is 36.9 Å². The second-order valence-electron chi connectivity index (χ2n) is 6.88. The molecule has 0 aliphatic rings. The van der Waals surface area contributed by atoms with Crippen molar-refractivity contribution in [2.75, 3.05) is 50.3 Å². The number of unbranched alkanes of at least 4 members (excludes halogenated alkanes) is 6. The third-order valence-corrected chi connectivity index (χ3v) is 15.3. The summed E-state index contributed by atoms with van der Waals surface area (Å²) in [6.45, 7) is 6.56. The van der Waals surface area contributed by atoms with E-state index in [1.54, 1.807) is 0 Å². The zero-order valence-corrected chi connectivity index (χ0v) is 25.8. The lowest BCUT2D eigenvalue weighted by Gasteiger charge is -2.20. The molecule has 0 aromatic heterocycles. The van der Waals surface area contributed by atoms with Gasteiger partial charge in [0.05, 0.1) is 26.4 Å². The van der Waals surface area contributed by atoms with E-state index in [1.807, 2.05) is 59.1 Å². The largest absolute Gasteiger partial charge is 0.330 e. The van der Waals surface area contributed by atoms with Gasteiger partial charge in [-0.2, -0.15) is 0 Å². The fourth-order valence-corrected chi connectivity index (χ4v) is 12.4. The predicted molar refractivity (Wildman–Crippen MR) is 154 cm³/mol. The summed E-state index contributed by atoms with van der Waals surface area (Å²) >= 11 is 11.1. The highest BCUT2D eigenvalue weighted by atomic mass is 33.5. The SMILES string of the molecule is CCOP(=S)(CCCCCCSSSCCCCCCP(=S)(OCC)OCC)OCC. The average Bonchev–Trinajstić information content (AvgIpc) is 2.71. The lowest BCUT2D eigenvalue weighted by molar-refractivity contribution is 0.265. The standard InChI is InChI=1S/C20H44O4P2S5/c1-5-21-25(27,22-6-2)17-13-9-11-15-19-29-31-30-20-16-12-10-14-18-26(28,23-7-3)24-8-4/h5-20H2,1-4H3. The van der Waals surface area contributed by atoms with Gasteiger partial charge >= 0.3 is 0 Å². The van der Waals surface area contributed by atoms with Crippen LogP contribution in [-0.2, 0) is 41.7 Å². The zero-order chi connectivity index (χ0) is 23.3. The first-order valence-electron chi connectivity index (χ1n) is 11.6. The second-order valence-corrected chi connectivity index (χ2v) is 19.1. The van der Waals surface area contributed by atoms with Crippen molar-refractivity contribution in [2.45, 2.75) is 79.1 Å². The Bertz CT molecular complexity index is 438. The molecule has 0 fully saturated rings. The molecular weight excluding hydrogens is 526 g/mol. The molecule has 0 saturated carbocycles. The summed E-state index contributed by atoms with van der Waals surface area (Å²) < 4.78 is 22.8. The molecule has 0 rings (SSSR count). The third kappa shape index (κ3) is 20.1. The van der Waals surface area contributed by atoms with Crippen molar-refractivity contribution < 1.29 is 18.1 Å². The molecular formula is C20H44O4P2S5. The average molecular weight is 571 g/mol. The monoisotopic (exact) mass is 570 g/mol. The van der Waals surface area contributed by atoms with Crippen LogP contribution in [0.5, 0.6) is 0 Å². The summed E-state index contributed by atoms with van der Waals surface area (Å²) in [5, 5.41) is 0. The Labute approximate surface area is 214 Å². The molecule has 31 heavy (non-hydrogen) atoms. The number of hydrogen-bond acceptors (Lipinski definition) is 9. The van der Waals surface area contributed by atoms with Gasteiger partial charge in [0.1, 0.15) is 0 Å². The molecule has 0 unspecified atom stereocenters. The van der Waals surface area contributed by atoms with E-state index in [2.05, 4.69) is 0 Å². The molecule has 11 heteroatoms. The van der Waals surface area contributed by atoms with Gasteiger partial charge in [-0.15, -0.1) is 0 Å². The Balaban J connectivity index is 3.47. The minimum Gasteiger partial charge on any atom is -0.330 e. The Morgan fingerprint density at radius 2 is 0.839 bits per heavy atom. The van der Waals surface area contributed by atoms with E-state index in [0.717, 1.165) is 25.2 Å². The van der Waals surface area contributed by atoms with E-state index in [9.17, 15) is 0 Å². The molecule has 0 N–H and O–H groups in total. The van der Waals surface area contributed by atoms with E-state index in [-0.39, 0.29) is 0 Å². The first-order valence-corrected chi connectivity index (χ1v) is 21.1. The van der Waals surface area contributed by atoms with Crippen LogP contribution in [0.25, 0.3) is 0 Å². The minimum absolute atomic E-state index is 0.654. The molecule has 0 atom stereocenters. The van der Waals surface area contributed by atoms with Crippen LogP contribution >= 0.6 is 44.4 Å². The van der Waals surface area contributed by atoms with Crippen molar-refractivity contribution in [3.8, 4) is 0 Å². The molecule has 0 heterocycles. The van der Waals surface area contributed by atoms with E-state index < -0.39 is 13.0 Å². The summed E-state index contributed by atoms with van der Waals surface area (Å²) in [5.74, 6) is 2.45. The van der Waals surface area contributed by atoms with Gasteiger partial charge in [0.2, 0.25) is 0 Å². The van der Waals surface area contributed by atoms with Gasteiger partial charge in [0.25, 0.3) is 0 Å². The summed E-state index contributed by atoms with van der Waals surface area (Å²) in [5.41, 5.74) is 0. The van der Waals surface area contributed by atoms with Gasteiger partial charge in [0, 0.05) is 23.8 Å². The highest BCUT2D eigenvalue weighted by Crippen LogP contribution is 2.50. The zero-order valence-electron chi connectivity index (χ0n) is 19.9. The van der Waals surface area contributed by atoms with E-state index in [0.29, 0.717) is 26.4 Å². The highest BCUT2D eigenvalue weighted by molar-refractivity contribution is 9.09. The lowest BCUT2D eigenvalue weighted by Crippen LogP contribution is -2.00. The third-order valence-electron chi connectivity index (χ3n) is 4.22. The van der Waals surface area contributed by atoms with E-state index >= 15 is 0 Å². The van der Waals surface area contributed by atoms with Crippen LogP contribution in [0.4, 0.5) is 0 Å². The molecule has 188 valence electrons. The van der Waals surface area contributed by atoms with Crippen molar-refractivity contribution in [1.29, 1.82) is 0 Å². The van der Waals surface area contributed by atoms with Crippen molar-refractivity contribution in [3.63, 3.8) is 0 Å². The van der Waals surface area contributed by atoms with Crippen molar-refractivity contribution in [3.05, 3.63) is 0 Å². The van der Waals surface area contributed by atoms with E-state index in [1.165, 1.54) is 50.0 Å². The molecule has 0 bridgehead atoms. The highest BCUT2D eigenvalue weighted by Gasteiger charge is 2.17. The molecule has 0 spiro atoms. The molecule has 0 aliphatic heterocycles. The van der Waals surface area contributed by atoms with Crippen LogP contribution in [0.15, 0.2) is 0 Å². The maximum Gasteiger partial charge on any atom is 0.188 e. The van der Waals surface area contributed by atoms with E-state index in [4.69, 9.17) is 41.7 Å². The quantitative estimate of drug-likeness (QED) is 0.0642. The Morgan fingerprint density at radius 1 is 0.516 bits per heavy atom. The van der Waals surface area contributed by atoms with Crippen molar-refractivity contribution in [1.82, 2.24) is 0 Å². The summed E-state index contributed by atoms with van der Waals surface area (Å²) in [7, 11) is 5.93. The summed E-state index contributed by atoms with van der Waals surface area (Å²) in [6, 6.07) is 0. The van der Waals surface area contributed by atoms with Gasteiger partial charge in [-0.05, 0) is 86.8 Å². The number of rotatable bonds is 24. The Hall–Kier alpha value is 2.19. The minimum atomic E-state index is -2.01. The van der Waals surface area contributed by atoms with Gasteiger partial charge in [-0.3, -0.25) is 0 Å². The Kier molecular flexibility index (Phi) is 24.2. The maximum absolute atomic E-state index is 5.70. The van der Waals surface area contributed by atoms with Crippen LogP contribution in [0, 0.1) is 0 Å². The molecule has 0 aromatic carbocycles. The Morgan fingerprint density at radius 3 is 1.16 bits per heavy atom. The predicted octanol–water partition coefficient (Wildman–Crippen LogP) is 8.90. The van der Waals surface area contributed by atoms with Crippen LogP contribution in [0.2, 0.25) is 0 Å². The second kappa shape index (κ2) is 22.6. The fraction of sp³-hybridized carbons (Fsp3) is 1.00. The molecule has 0 radical (unpaired) electrons. The van der Waals surface area contributed by atoms with Crippen LogP contribution in [0.1, 0.15) is 79.1 Å². The van der Waals surface area contributed by atoms with Crippen LogP contribution in [-0.4, -0.2) is 50.3 Å². The van der Waals surface area contributed by atoms with Crippen LogP contribution in [0.3, 0.4) is 0 Å². The molecule has 0 aliphatic carbocycles. The molecule has 0 aromatic rings. The lowest BCUT2D eigenvalue weighted by atomic mass is 10.2. The van der Waals surface area contributed by atoms with Crippen molar-refractivity contribution in [2.24, 2.45) is 0 Å². The molecule has 0 amide bonds. The normalized spacial score (nSPS) is 12.5. The summed E-state index contributed by atoms with van der Waals surface area (Å²) in [4.78, 5) is 0. The van der Waals surface area contributed by atoms with Crippen molar-refractivity contribution >= 4 is 68.0 Å². The first kappa shape index (κ1) is 33.2. The van der Waals surface area contributed by atoms with Gasteiger partial charge in [-0.25, -0.2) is 0 Å². The summed E-state index contributed by atoms with van der Waals surface area (Å²) in [6.07, 6.45) is 11.6. The maximum atomic E-state index is 5.70. The van der Waals surface area contributed by atoms with Crippen LogP contribution < -0.4 is 0 Å².